The molecule has 4 nitrogen and oxygen atoms in total. The standard InChI is InChI=1S/C12H17FN2O2S/c1-8-5-6-9(7-8)15-18(16,17)12-10(13)3-2-4-11(12)14/h2-4,8-9,15H,5-7,14H2,1H3. The van der Waals surface area contributed by atoms with Gasteiger partial charge in [0, 0.05) is 6.04 Å². The molecule has 0 bridgehead atoms. The van der Waals surface area contributed by atoms with Gasteiger partial charge in [0.15, 0.2) is 0 Å². The number of halogens is 1. The maximum atomic E-state index is 13.6. The van der Waals surface area contributed by atoms with Gasteiger partial charge in [-0.1, -0.05) is 13.0 Å². The molecule has 2 atom stereocenters. The summed E-state index contributed by atoms with van der Waals surface area (Å²) >= 11 is 0. The van der Waals surface area contributed by atoms with Crippen LogP contribution >= 0.6 is 0 Å². The van der Waals surface area contributed by atoms with Crippen molar-refractivity contribution in [3.05, 3.63) is 24.0 Å². The third-order valence-corrected chi connectivity index (χ3v) is 4.89. The summed E-state index contributed by atoms with van der Waals surface area (Å²) in [6.07, 6.45) is 2.56. The van der Waals surface area contributed by atoms with Crippen molar-refractivity contribution in [2.75, 3.05) is 5.73 Å². The smallest absolute Gasteiger partial charge is 0.245 e. The second-order valence-electron chi connectivity index (χ2n) is 4.89. The van der Waals surface area contributed by atoms with E-state index >= 15 is 0 Å². The predicted octanol–water partition coefficient (Wildman–Crippen LogP) is 1.87. The zero-order valence-electron chi connectivity index (χ0n) is 10.2. The number of nitrogens with two attached hydrogens (primary N) is 1. The number of benzene rings is 1. The Morgan fingerprint density at radius 1 is 1.39 bits per heavy atom. The lowest BCUT2D eigenvalue weighted by molar-refractivity contribution is 0.528. The van der Waals surface area contributed by atoms with Crippen LogP contribution in [0.15, 0.2) is 23.1 Å². The molecule has 1 aromatic carbocycles. The van der Waals surface area contributed by atoms with Crippen LogP contribution in [0.25, 0.3) is 0 Å². The van der Waals surface area contributed by atoms with Crippen LogP contribution in [0.5, 0.6) is 0 Å². The zero-order valence-corrected chi connectivity index (χ0v) is 11.0. The Labute approximate surface area is 106 Å². The van der Waals surface area contributed by atoms with E-state index in [1.54, 1.807) is 0 Å². The number of sulfonamides is 1. The lowest BCUT2D eigenvalue weighted by Gasteiger charge is -2.14. The van der Waals surface area contributed by atoms with Crippen LogP contribution in [-0.4, -0.2) is 14.5 Å². The molecule has 2 rings (SSSR count). The molecule has 100 valence electrons. The van der Waals surface area contributed by atoms with Gasteiger partial charge in [-0.3, -0.25) is 0 Å². The van der Waals surface area contributed by atoms with E-state index in [9.17, 15) is 12.8 Å². The van der Waals surface area contributed by atoms with Crippen molar-refractivity contribution in [2.45, 2.75) is 37.1 Å². The van der Waals surface area contributed by atoms with Gasteiger partial charge in [-0.25, -0.2) is 17.5 Å². The highest BCUT2D eigenvalue weighted by molar-refractivity contribution is 7.89. The lowest BCUT2D eigenvalue weighted by atomic mass is 10.1. The number of nitrogen functional groups attached to an aromatic ring is 1. The van der Waals surface area contributed by atoms with Gasteiger partial charge in [-0.05, 0) is 37.3 Å². The topological polar surface area (TPSA) is 72.2 Å². The van der Waals surface area contributed by atoms with Gasteiger partial charge in [0.05, 0.1) is 5.69 Å². The summed E-state index contributed by atoms with van der Waals surface area (Å²) in [6, 6.07) is 3.75. The number of hydrogen-bond donors (Lipinski definition) is 2. The Morgan fingerprint density at radius 2 is 2.11 bits per heavy atom. The lowest BCUT2D eigenvalue weighted by Crippen LogP contribution is -2.33. The van der Waals surface area contributed by atoms with E-state index in [0.29, 0.717) is 5.92 Å². The summed E-state index contributed by atoms with van der Waals surface area (Å²) < 4.78 is 40.3. The molecule has 0 radical (unpaired) electrons. The molecule has 1 aliphatic carbocycles. The first kappa shape index (κ1) is 13.3. The Balaban J connectivity index is 2.26. The van der Waals surface area contributed by atoms with Gasteiger partial charge in [-0.15, -0.1) is 0 Å². The summed E-state index contributed by atoms with van der Waals surface area (Å²) in [7, 11) is -3.88. The molecule has 2 unspecified atom stereocenters. The molecule has 3 N–H and O–H groups in total. The van der Waals surface area contributed by atoms with Gasteiger partial charge in [0.1, 0.15) is 10.7 Å². The summed E-state index contributed by atoms with van der Waals surface area (Å²) in [6.45, 7) is 2.08. The molecule has 1 aromatic rings. The Hall–Kier alpha value is -1.14. The van der Waals surface area contributed by atoms with Crippen LogP contribution < -0.4 is 10.5 Å². The maximum absolute atomic E-state index is 13.6. The van der Waals surface area contributed by atoms with Gasteiger partial charge in [0.2, 0.25) is 10.0 Å². The molecular weight excluding hydrogens is 255 g/mol. The number of hydrogen-bond acceptors (Lipinski definition) is 3. The van der Waals surface area contributed by atoms with E-state index in [1.165, 1.54) is 12.1 Å². The van der Waals surface area contributed by atoms with Crippen molar-refractivity contribution in [1.29, 1.82) is 0 Å². The van der Waals surface area contributed by atoms with Gasteiger partial charge >= 0.3 is 0 Å². The third-order valence-electron chi connectivity index (χ3n) is 3.28. The monoisotopic (exact) mass is 272 g/mol. The van der Waals surface area contributed by atoms with Crippen molar-refractivity contribution in [2.24, 2.45) is 5.92 Å². The fourth-order valence-corrected chi connectivity index (χ4v) is 3.88. The minimum atomic E-state index is -3.88. The molecule has 0 aromatic heterocycles. The first-order chi connectivity index (χ1) is 8.40. The second-order valence-corrected chi connectivity index (χ2v) is 6.55. The highest BCUT2D eigenvalue weighted by Gasteiger charge is 2.29. The molecule has 0 aliphatic heterocycles. The molecule has 0 heterocycles. The zero-order chi connectivity index (χ0) is 13.3. The Bertz CT molecular complexity index is 525. The molecule has 0 spiro atoms. The predicted molar refractivity (Wildman–Crippen MR) is 67.9 cm³/mol. The molecular formula is C12H17FN2O2S. The molecule has 6 heteroatoms. The third kappa shape index (κ3) is 2.64. The molecule has 1 fully saturated rings. The largest absolute Gasteiger partial charge is 0.398 e. The van der Waals surface area contributed by atoms with Crippen molar-refractivity contribution in [3.8, 4) is 0 Å². The van der Waals surface area contributed by atoms with Crippen LogP contribution in [0.3, 0.4) is 0 Å². The van der Waals surface area contributed by atoms with E-state index < -0.39 is 20.7 Å². The maximum Gasteiger partial charge on any atom is 0.245 e. The van der Waals surface area contributed by atoms with Gasteiger partial charge in [-0.2, -0.15) is 0 Å². The fourth-order valence-electron chi connectivity index (χ4n) is 2.40. The van der Waals surface area contributed by atoms with E-state index in [2.05, 4.69) is 11.6 Å². The average Bonchev–Trinajstić information content (AvgIpc) is 2.62. The minimum Gasteiger partial charge on any atom is -0.398 e. The van der Waals surface area contributed by atoms with Crippen LogP contribution in [-0.2, 0) is 10.0 Å². The SMILES string of the molecule is CC1CCC(NS(=O)(=O)c2c(N)cccc2F)C1. The highest BCUT2D eigenvalue weighted by Crippen LogP contribution is 2.28. The summed E-state index contributed by atoms with van der Waals surface area (Å²) in [5.74, 6) is -0.316. The molecule has 0 saturated heterocycles. The summed E-state index contributed by atoms with van der Waals surface area (Å²) in [5, 5.41) is 0. The quantitative estimate of drug-likeness (QED) is 0.825. The Kier molecular flexibility index (Phi) is 3.59. The van der Waals surface area contributed by atoms with E-state index in [4.69, 9.17) is 5.73 Å². The first-order valence-electron chi connectivity index (χ1n) is 5.96. The van der Waals surface area contributed by atoms with Crippen molar-refractivity contribution >= 4 is 15.7 Å². The molecule has 1 aliphatic rings. The normalized spacial score (nSPS) is 24.3. The molecule has 0 amide bonds. The minimum absolute atomic E-state index is 0.0615. The van der Waals surface area contributed by atoms with Gasteiger partial charge in [0.25, 0.3) is 0 Å². The molecule has 1 saturated carbocycles. The van der Waals surface area contributed by atoms with E-state index in [-0.39, 0.29) is 11.7 Å². The van der Waals surface area contributed by atoms with Crippen LogP contribution in [0, 0.1) is 11.7 Å². The highest BCUT2D eigenvalue weighted by atomic mass is 32.2. The van der Waals surface area contributed by atoms with Crippen molar-refractivity contribution in [1.82, 2.24) is 4.72 Å². The van der Waals surface area contributed by atoms with Crippen LogP contribution in [0.4, 0.5) is 10.1 Å². The second kappa shape index (κ2) is 4.85. The van der Waals surface area contributed by atoms with E-state index in [1.807, 2.05) is 0 Å². The molecule has 18 heavy (non-hydrogen) atoms. The van der Waals surface area contributed by atoms with Crippen LogP contribution in [0.1, 0.15) is 26.2 Å². The van der Waals surface area contributed by atoms with E-state index in [0.717, 1.165) is 25.3 Å². The summed E-state index contributed by atoms with van der Waals surface area (Å²) in [5.41, 5.74) is 5.49. The number of nitrogens with one attached hydrogen (secondary N) is 1. The van der Waals surface area contributed by atoms with Crippen LogP contribution in [0.2, 0.25) is 0 Å². The van der Waals surface area contributed by atoms with Crippen molar-refractivity contribution < 1.29 is 12.8 Å². The first-order valence-corrected chi connectivity index (χ1v) is 7.45. The van der Waals surface area contributed by atoms with Crippen molar-refractivity contribution in [3.63, 3.8) is 0 Å². The van der Waals surface area contributed by atoms with Gasteiger partial charge < -0.3 is 5.73 Å². The Morgan fingerprint density at radius 3 is 2.67 bits per heavy atom. The number of rotatable bonds is 3. The average molecular weight is 272 g/mol. The fraction of sp³-hybridized carbons (Fsp3) is 0.500. The summed E-state index contributed by atoms with van der Waals surface area (Å²) in [4.78, 5) is -0.440. The number of anilines is 1.